The molecule has 1 N–H and O–H groups in total. The molecule has 0 aliphatic carbocycles. The van der Waals surface area contributed by atoms with Gasteiger partial charge in [0.25, 0.3) is 0 Å². The molecule has 112 valence electrons. The summed E-state index contributed by atoms with van der Waals surface area (Å²) in [6.45, 7) is 2.69. The highest BCUT2D eigenvalue weighted by molar-refractivity contribution is 6.30. The summed E-state index contributed by atoms with van der Waals surface area (Å²) in [5, 5.41) is 3.69. The van der Waals surface area contributed by atoms with Crippen LogP contribution in [0.1, 0.15) is 30.2 Å². The Hall–Kier alpha value is -1.42. The number of rotatable bonds is 6. The van der Waals surface area contributed by atoms with E-state index in [1.54, 1.807) is 19.2 Å². The van der Waals surface area contributed by atoms with Gasteiger partial charge in [0.2, 0.25) is 0 Å². The van der Waals surface area contributed by atoms with Crippen molar-refractivity contribution in [1.29, 1.82) is 0 Å². The molecule has 2 atom stereocenters. The van der Waals surface area contributed by atoms with Crippen LogP contribution in [0.2, 0.25) is 5.02 Å². The number of methoxy groups -OCH3 is 1. The zero-order valence-corrected chi connectivity index (χ0v) is 12.9. The van der Waals surface area contributed by atoms with E-state index in [0.29, 0.717) is 17.1 Å². The number of nitrogens with one attached hydrogen (secondary N) is 1. The lowest BCUT2D eigenvalue weighted by Crippen LogP contribution is -2.29. The van der Waals surface area contributed by atoms with Crippen LogP contribution >= 0.6 is 11.6 Å². The second-order valence-corrected chi connectivity index (χ2v) is 5.20. The van der Waals surface area contributed by atoms with Gasteiger partial charge in [-0.25, -0.2) is 4.39 Å². The maximum Gasteiger partial charge on any atom is 0.129 e. The molecule has 0 spiro atoms. The fourth-order valence-electron chi connectivity index (χ4n) is 2.46. The summed E-state index contributed by atoms with van der Waals surface area (Å²) < 4.78 is 19.9. The van der Waals surface area contributed by atoms with Crippen LogP contribution in [0.4, 0.5) is 4.39 Å². The Kier molecular flexibility index (Phi) is 5.74. The molecule has 0 saturated heterocycles. The monoisotopic (exact) mass is 307 g/mol. The minimum absolute atomic E-state index is 0.276. The number of hydrogen-bond donors (Lipinski definition) is 1. The SMILES string of the molecule is CCNC(c1ccc(Cl)cc1F)C(OC)c1ccccc1. The van der Waals surface area contributed by atoms with Gasteiger partial charge in [-0.3, -0.25) is 0 Å². The molecule has 0 aromatic heterocycles. The van der Waals surface area contributed by atoms with Crippen molar-refractivity contribution >= 4 is 11.6 Å². The van der Waals surface area contributed by atoms with E-state index < -0.39 is 0 Å². The van der Waals surface area contributed by atoms with E-state index in [1.807, 2.05) is 37.3 Å². The predicted octanol–water partition coefficient (Wildman–Crippen LogP) is 4.52. The third-order valence-electron chi connectivity index (χ3n) is 3.41. The molecule has 0 radical (unpaired) electrons. The average Bonchev–Trinajstić information content (AvgIpc) is 2.48. The molecule has 0 amide bonds. The Bertz CT molecular complexity index is 576. The first-order chi connectivity index (χ1) is 10.2. The van der Waals surface area contributed by atoms with E-state index in [0.717, 1.165) is 5.56 Å². The van der Waals surface area contributed by atoms with Gasteiger partial charge < -0.3 is 10.1 Å². The van der Waals surface area contributed by atoms with E-state index >= 15 is 0 Å². The molecule has 0 fully saturated rings. The first kappa shape index (κ1) is 16.0. The Balaban J connectivity index is 2.41. The molecule has 0 aliphatic heterocycles. The van der Waals surface area contributed by atoms with Crippen molar-refractivity contribution in [2.24, 2.45) is 0 Å². The minimum Gasteiger partial charge on any atom is -0.375 e. The summed E-state index contributed by atoms with van der Waals surface area (Å²) in [5.74, 6) is -0.327. The normalized spacial score (nSPS) is 13.9. The zero-order valence-electron chi connectivity index (χ0n) is 12.1. The molecule has 0 bridgehead atoms. The molecule has 2 rings (SSSR count). The molecule has 21 heavy (non-hydrogen) atoms. The molecular weight excluding hydrogens is 289 g/mol. The van der Waals surface area contributed by atoms with E-state index in [4.69, 9.17) is 16.3 Å². The Morgan fingerprint density at radius 1 is 1.19 bits per heavy atom. The lowest BCUT2D eigenvalue weighted by atomic mass is 9.95. The van der Waals surface area contributed by atoms with Crippen LogP contribution in [0.3, 0.4) is 0 Å². The Morgan fingerprint density at radius 3 is 2.48 bits per heavy atom. The topological polar surface area (TPSA) is 21.3 Å². The molecule has 2 aromatic carbocycles. The maximum absolute atomic E-state index is 14.3. The Morgan fingerprint density at radius 2 is 1.90 bits per heavy atom. The van der Waals surface area contributed by atoms with Crippen molar-refractivity contribution < 1.29 is 9.13 Å². The smallest absolute Gasteiger partial charge is 0.129 e. The lowest BCUT2D eigenvalue weighted by molar-refractivity contribution is 0.0669. The molecule has 2 nitrogen and oxygen atoms in total. The summed E-state index contributed by atoms with van der Waals surface area (Å²) in [4.78, 5) is 0. The van der Waals surface area contributed by atoms with Crippen molar-refractivity contribution in [3.63, 3.8) is 0 Å². The first-order valence-corrected chi connectivity index (χ1v) is 7.31. The molecule has 2 aromatic rings. The van der Waals surface area contributed by atoms with Crippen LogP contribution < -0.4 is 5.32 Å². The highest BCUT2D eigenvalue weighted by Gasteiger charge is 2.26. The second-order valence-electron chi connectivity index (χ2n) is 4.77. The lowest BCUT2D eigenvalue weighted by Gasteiger charge is -2.28. The summed E-state index contributed by atoms with van der Waals surface area (Å²) in [6, 6.07) is 14.3. The molecular formula is C17H19ClFNO. The number of hydrogen-bond acceptors (Lipinski definition) is 2. The van der Waals surface area contributed by atoms with Crippen LogP contribution in [-0.2, 0) is 4.74 Å². The summed E-state index contributed by atoms with van der Waals surface area (Å²) in [5.41, 5.74) is 1.55. The standard InChI is InChI=1S/C17H19ClFNO/c1-3-20-16(14-10-9-13(18)11-15(14)19)17(21-2)12-7-5-4-6-8-12/h4-11,16-17,20H,3H2,1-2H3. The first-order valence-electron chi connectivity index (χ1n) is 6.93. The van der Waals surface area contributed by atoms with Gasteiger partial charge in [-0.1, -0.05) is 54.9 Å². The van der Waals surface area contributed by atoms with E-state index in [1.165, 1.54) is 6.07 Å². The number of benzene rings is 2. The fraction of sp³-hybridized carbons (Fsp3) is 0.294. The Labute approximate surface area is 129 Å². The van der Waals surface area contributed by atoms with Gasteiger partial charge >= 0.3 is 0 Å². The van der Waals surface area contributed by atoms with Crippen molar-refractivity contribution in [3.8, 4) is 0 Å². The second kappa shape index (κ2) is 7.55. The van der Waals surface area contributed by atoms with Gasteiger partial charge in [-0.15, -0.1) is 0 Å². The summed E-state index contributed by atoms with van der Waals surface area (Å²) in [7, 11) is 1.63. The van der Waals surface area contributed by atoms with E-state index in [-0.39, 0.29) is 18.0 Å². The average molecular weight is 308 g/mol. The van der Waals surface area contributed by atoms with Crippen LogP contribution in [0.25, 0.3) is 0 Å². The van der Waals surface area contributed by atoms with Crippen LogP contribution in [0.15, 0.2) is 48.5 Å². The quantitative estimate of drug-likeness (QED) is 0.847. The predicted molar refractivity (Wildman–Crippen MR) is 84.0 cm³/mol. The van der Waals surface area contributed by atoms with Crippen molar-refractivity contribution in [3.05, 3.63) is 70.5 Å². The van der Waals surface area contributed by atoms with Crippen molar-refractivity contribution in [1.82, 2.24) is 5.32 Å². The van der Waals surface area contributed by atoms with Gasteiger partial charge in [0.15, 0.2) is 0 Å². The van der Waals surface area contributed by atoms with Crippen LogP contribution in [0, 0.1) is 5.82 Å². The molecule has 0 saturated carbocycles. The van der Waals surface area contributed by atoms with Crippen LogP contribution in [-0.4, -0.2) is 13.7 Å². The third kappa shape index (κ3) is 3.82. The van der Waals surface area contributed by atoms with Gasteiger partial charge in [0.1, 0.15) is 11.9 Å². The molecule has 4 heteroatoms. The van der Waals surface area contributed by atoms with Gasteiger partial charge in [-0.2, -0.15) is 0 Å². The minimum atomic E-state index is -0.327. The van der Waals surface area contributed by atoms with Crippen molar-refractivity contribution in [2.75, 3.05) is 13.7 Å². The summed E-state index contributed by atoms with van der Waals surface area (Å²) >= 11 is 5.84. The maximum atomic E-state index is 14.3. The zero-order chi connectivity index (χ0) is 15.2. The molecule has 0 heterocycles. The molecule has 2 unspecified atom stereocenters. The van der Waals surface area contributed by atoms with Crippen LogP contribution in [0.5, 0.6) is 0 Å². The number of likely N-dealkylation sites (N-methyl/N-ethyl adjacent to an activating group) is 1. The number of ether oxygens (including phenoxy) is 1. The highest BCUT2D eigenvalue weighted by atomic mass is 35.5. The van der Waals surface area contributed by atoms with Gasteiger partial charge in [-0.05, 0) is 24.2 Å². The van der Waals surface area contributed by atoms with E-state index in [2.05, 4.69) is 5.32 Å². The fourth-order valence-corrected chi connectivity index (χ4v) is 2.62. The van der Waals surface area contributed by atoms with Gasteiger partial charge in [0.05, 0.1) is 6.04 Å². The highest BCUT2D eigenvalue weighted by Crippen LogP contribution is 2.33. The van der Waals surface area contributed by atoms with Gasteiger partial charge in [0, 0.05) is 17.7 Å². The van der Waals surface area contributed by atoms with Crippen molar-refractivity contribution in [2.45, 2.75) is 19.1 Å². The largest absolute Gasteiger partial charge is 0.375 e. The summed E-state index contributed by atoms with van der Waals surface area (Å²) in [6.07, 6.45) is -0.276. The third-order valence-corrected chi connectivity index (χ3v) is 3.64. The van der Waals surface area contributed by atoms with E-state index in [9.17, 15) is 4.39 Å². The number of halogens is 2. The molecule has 0 aliphatic rings.